The van der Waals surface area contributed by atoms with Crippen LogP contribution in [-0.2, 0) is 9.47 Å². The van der Waals surface area contributed by atoms with Gasteiger partial charge in [0.05, 0.1) is 13.2 Å². The molecular formula is C13H22O2S. The van der Waals surface area contributed by atoms with Crippen molar-refractivity contribution in [2.45, 2.75) is 44.3 Å². The van der Waals surface area contributed by atoms with E-state index < -0.39 is 0 Å². The monoisotopic (exact) mass is 242 g/mol. The van der Waals surface area contributed by atoms with E-state index in [2.05, 4.69) is 12.3 Å². The molecule has 0 saturated carbocycles. The number of thioether (sulfide) groups is 1. The summed E-state index contributed by atoms with van der Waals surface area (Å²) in [5, 5.41) is 0. The van der Waals surface area contributed by atoms with Gasteiger partial charge >= 0.3 is 0 Å². The maximum atomic E-state index is 5.80. The van der Waals surface area contributed by atoms with Gasteiger partial charge in [-0.2, -0.15) is 11.8 Å². The molecule has 1 heterocycles. The summed E-state index contributed by atoms with van der Waals surface area (Å²) in [4.78, 5) is 0. The molecule has 1 fully saturated rings. The zero-order valence-electron chi connectivity index (χ0n) is 10.2. The third-order valence-corrected chi connectivity index (χ3v) is 4.10. The van der Waals surface area contributed by atoms with Gasteiger partial charge in [-0.3, -0.25) is 0 Å². The van der Waals surface area contributed by atoms with Gasteiger partial charge in [0.2, 0.25) is 0 Å². The van der Waals surface area contributed by atoms with E-state index in [1.54, 1.807) is 0 Å². The topological polar surface area (TPSA) is 18.5 Å². The molecule has 0 bridgehead atoms. The van der Waals surface area contributed by atoms with Crippen molar-refractivity contribution in [1.29, 1.82) is 0 Å². The predicted octanol–water partition coefficient (Wildman–Crippen LogP) is 3.37. The molecule has 0 unspecified atom stereocenters. The van der Waals surface area contributed by atoms with Gasteiger partial charge in [-0.05, 0) is 43.3 Å². The van der Waals surface area contributed by atoms with E-state index in [1.165, 1.54) is 30.6 Å². The van der Waals surface area contributed by atoms with Crippen LogP contribution in [0.2, 0.25) is 0 Å². The number of hydrogen-bond donors (Lipinski definition) is 0. The summed E-state index contributed by atoms with van der Waals surface area (Å²) in [6.07, 6.45) is 11.8. The van der Waals surface area contributed by atoms with E-state index >= 15 is 0 Å². The van der Waals surface area contributed by atoms with Crippen LogP contribution in [0, 0.1) is 0 Å². The van der Waals surface area contributed by atoms with E-state index in [9.17, 15) is 0 Å². The highest BCUT2D eigenvalue weighted by molar-refractivity contribution is 7.98. The first-order chi connectivity index (χ1) is 7.87. The molecule has 16 heavy (non-hydrogen) atoms. The molecule has 0 aromatic rings. The van der Waals surface area contributed by atoms with Crippen molar-refractivity contribution in [2.75, 3.05) is 25.2 Å². The first-order valence-electron chi connectivity index (χ1n) is 6.34. The maximum absolute atomic E-state index is 5.80. The second kappa shape index (κ2) is 6.08. The van der Waals surface area contributed by atoms with Crippen LogP contribution >= 0.6 is 11.8 Å². The molecule has 0 aromatic carbocycles. The summed E-state index contributed by atoms with van der Waals surface area (Å²) in [7, 11) is 0. The Labute approximate surface area is 103 Å². The molecule has 1 aliphatic carbocycles. The predicted molar refractivity (Wildman–Crippen MR) is 68.8 cm³/mol. The van der Waals surface area contributed by atoms with Gasteiger partial charge in [0, 0.05) is 6.42 Å². The Morgan fingerprint density at radius 1 is 1.25 bits per heavy atom. The minimum absolute atomic E-state index is 0.292. The molecule has 3 heteroatoms. The lowest BCUT2D eigenvalue weighted by atomic mass is 10.0. The van der Waals surface area contributed by atoms with Crippen molar-refractivity contribution in [1.82, 2.24) is 0 Å². The van der Waals surface area contributed by atoms with Crippen LogP contribution in [0.1, 0.15) is 38.5 Å². The average Bonchev–Trinajstić information content (AvgIpc) is 2.91. The Hall–Kier alpha value is 0.01000. The zero-order chi connectivity index (χ0) is 11.3. The Morgan fingerprint density at radius 3 is 2.81 bits per heavy atom. The van der Waals surface area contributed by atoms with Crippen LogP contribution in [-0.4, -0.2) is 31.0 Å². The minimum atomic E-state index is -0.292. The normalized spacial score (nSPS) is 22.9. The fraction of sp³-hybridized carbons (Fsp3) is 0.846. The molecule has 2 nitrogen and oxygen atoms in total. The van der Waals surface area contributed by atoms with E-state index in [0.717, 1.165) is 32.5 Å². The van der Waals surface area contributed by atoms with Crippen molar-refractivity contribution >= 4 is 11.8 Å². The first kappa shape index (κ1) is 12.5. The molecule has 1 aliphatic heterocycles. The molecule has 2 rings (SSSR count). The summed E-state index contributed by atoms with van der Waals surface area (Å²) < 4.78 is 11.6. The fourth-order valence-corrected chi connectivity index (χ4v) is 3.06. The molecule has 0 atom stereocenters. The van der Waals surface area contributed by atoms with Crippen LogP contribution in [0.4, 0.5) is 0 Å². The maximum Gasteiger partial charge on any atom is 0.191 e. The minimum Gasteiger partial charge on any atom is -0.344 e. The largest absolute Gasteiger partial charge is 0.344 e. The smallest absolute Gasteiger partial charge is 0.191 e. The van der Waals surface area contributed by atoms with Gasteiger partial charge < -0.3 is 9.47 Å². The third kappa shape index (κ3) is 2.82. The number of hydrogen-bond acceptors (Lipinski definition) is 3. The molecule has 1 spiro atoms. The standard InChI is InChI=1S/C13H22O2S/c1-16-11-4-2-3-6-12-7-5-8-13(12)14-9-10-15-13/h7H,2-6,8-11H2,1H3. The Balaban J connectivity index is 1.72. The summed E-state index contributed by atoms with van der Waals surface area (Å²) in [5.41, 5.74) is 1.41. The van der Waals surface area contributed by atoms with Crippen LogP contribution < -0.4 is 0 Å². The number of unbranched alkanes of at least 4 members (excludes halogenated alkanes) is 2. The Bertz CT molecular complexity index is 244. The van der Waals surface area contributed by atoms with Crippen molar-refractivity contribution < 1.29 is 9.47 Å². The number of ether oxygens (including phenoxy) is 2. The molecule has 1 saturated heterocycles. The molecular weight excluding hydrogens is 220 g/mol. The lowest BCUT2D eigenvalue weighted by Crippen LogP contribution is -2.29. The summed E-state index contributed by atoms with van der Waals surface area (Å²) in [5.74, 6) is 0.997. The molecule has 0 amide bonds. The lowest BCUT2D eigenvalue weighted by Gasteiger charge is -2.25. The van der Waals surface area contributed by atoms with Gasteiger partial charge in [0.25, 0.3) is 0 Å². The van der Waals surface area contributed by atoms with Crippen molar-refractivity contribution in [2.24, 2.45) is 0 Å². The lowest BCUT2D eigenvalue weighted by molar-refractivity contribution is -0.125. The Morgan fingerprint density at radius 2 is 2.06 bits per heavy atom. The number of allylic oxidation sites excluding steroid dienone is 1. The highest BCUT2D eigenvalue weighted by atomic mass is 32.2. The second-order valence-corrected chi connectivity index (χ2v) is 5.51. The van der Waals surface area contributed by atoms with Crippen LogP contribution in [0.3, 0.4) is 0 Å². The van der Waals surface area contributed by atoms with Gasteiger partial charge in [-0.25, -0.2) is 0 Å². The third-order valence-electron chi connectivity index (χ3n) is 3.40. The van der Waals surface area contributed by atoms with Crippen molar-refractivity contribution in [3.8, 4) is 0 Å². The van der Waals surface area contributed by atoms with Crippen LogP contribution in [0.25, 0.3) is 0 Å². The van der Waals surface area contributed by atoms with Gasteiger partial charge in [0.1, 0.15) is 0 Å². The second-order valence-electron chi connectivity index (χ2n) is 4.52. The zero-order valence-corrected chi connectivity index (χ0v) is 11.0. The summed E-state index contributed by atoms with van der Waals surface area (Å²) in [6, 6.07) is 0. The average molecular weight is 242 g/mol. The summed E-state index contributed by atoms with van der Waals surface area (Å²) >= 11 is 1.94. The fourth-order valence-electron chi connectivity index (χ4n) is 2.57. The van der Waals surface area contributed by atoms with Gasteiger partial charge in [0.15, 0.2) is 5.79 Å². The van der Waals surface area contributed by atoms with Crippen LogP contribution in [0.15, 0.2) is 11.6 Å². The van der Waals surface area contributed by atoms with Crippen molar-refractivity contribution in [3.63, 3.8) is 0 Å². The Kier molecular flexibility index (Phi) is 4.74. The van der Waals surface area contributed by atoms with Gasteiger partial charge in [-0.15, -0.1) is 0 Å². The first-order valence-corrected chi connectivity index (χ1v) is 7.73. The molecule has 0 radical (unpaired) electrons. The summed E-state index contributed by atoms with van der Waals surface area (Å²) in [6.45, 7) is 1.54. The molecule has 0 aromatic heterocycles. The highest BCUT2D eigenvalue weighted by Crippen LogP contribution is 2.40. The van der Waals surface area contributed by atoms with E-state index in [-0.39, 0.29) is 5.79 Å². The van der Waals surface area contributed by atoms with E-state index in [4.69, 9.17) is 9.47 Å². The molecule has 92 valence electrons. The molecule has 2 aliphatic rings. The van der Waals surface area contributed by atoms with Gasteiger partial charge in [-0.1, -0.05) is 12.5 Å². The molecule has 0 N–H and O–H groups in total. The van der Waals surface area contributed by atoms with E-state index in [1.807, 2.05) is 11.8 Å². The van der Waals surface area contributed by atoms with Crippen LogP contribution in [0.5, 0.6) is 0 Å². The number of rotatable bonds is 6. The van der Waals surface area contributed by atoms with E-state index in [0.29, 0.717) is 0 Å². The SMILES string of the molecule is CSCCCCCC1=CCCC12OCCO2. The van der Waals surface area contributed by atoms with Crippen molar-refractivity contribution in [3.05, 3.63) is 11.6 Å². The quantitative estimate of drug-likeness (QED) is 0.525. The highest BCUT2D eigenvalue weighted by Gasteiger charge is 2.42.